The van der Waals surface area contributed by atoms with Crippen molar-refractivity contribution in [3.05, 3.63) is 41.8 Å². The van der Waals surface area contributed by atoms with Crippen LogP contribution in [0, 0.1) is 5.82 Å². The molecule has 24 heavy (non-hydrogen) atoms. The average molecular weight is 343 g/mol. The second-order valence-corrected chi connectivity index (χ2v) is 5.26. The van der Waals surface area contributed by atoms with Gasteiger partial charge in [-0.25, -0.2) is 9.37 Å². The van der Waals surface area contributed by atoms with E-state index in [1.165, 1.54) is 24.1 Å². The van der Waals surface area contributed by atoms with Gasteiger partial charge >= 0.3 is 12.2 Å². The second kappa shape index (κ2) is 7.02. The van der Waals surface area contributed by atoms with Crippen LogP contribution in [0.2, 0.25) is 0 Å². The molecular formula is C16H17F4N3O. The molecule has 0 bridgehead atoms. The summed E-state index contributed by atoms with van der Waals surface area (Å²) in [6.45, 7) is 3.64. The van der Waals surface area contributed by atoms with Crippen LogP contribution in [0.1, 0.15) is 25.8 Å². The minimum Gasteiger partial charge on any atom is -0.460 e. The van der Waals surface area contributed by atoms with Crippen molar-refractivity contribution in [3.8, 4) is 6.01 Å². The summed E-state index contributed by atoms with van der Waals surface area (Å²) in [5.41, 5.74) is -0.638. The van der Waals surface area contributed by atoms with E-state index in [4.69, 9.17) is 4.74 Å². The standard InChI is InChI=1S/C16H17F4N3O/c1-4-10(2)24-15-21-9-13(16(18,19)20)14(22-15)23(3)12-7-5-11(17)6-8-12/h5-10H,4H2,1-3H3. The van der Waals surface area contributed by atoms with Crippen molar-refractivity contribution in [2.75, 3.05) is 11.9 Å². The summed E-state index contributed by atoms with van der Waals surface area (Å²) in [7, 11) is 1.41. The molecule has 0 amide bonds. The largest absolute Gasteiger partial charge is 0.460 e. The first-order valence-electron chi connectivity index (χ1n) is 7.32. The highest BCUT2D eigenvalue weighted by molar-refractivity contribution is 5.62. The van der Waals surface area contributed by atoms with E-state index in [2.05, 4.69) is 9.97 Å². The molecule has 4 nitrogen and oxygen atoms in total. The highest BCUT2D eigenvalue weighted by Gasteiger charge is 2.36. The van der Waals surface area contributed by atoms with E-state index in [1.54, 1.807) is 6.92 Å². The Kier molecular flexibility index (Phi) is 5.26. The number of halogens is 4. The van der Waals surface area contributed by atoms with Gasteiger partial charge in [-0.2, -0.15) is 18.2 Å². The Labute approximate surface area is 137 Å². The van der Waals surface area contributed by atoms with Crippen LogP contribution in [0.15, 0.2) is 30.5 Å². The average Bonchev–Trinajstić information content (AvgIpc) is 2.53. The van der Waals surface area contributed by atoms with E-state index in [0.717, 1.165) is 12.1 Å². The number of aromatic nitrogens is 2. The van der Waals surface area contributed by atoms with Crippen molar-refractivity contribution in [1.82, 2.24) is 9.97 Å². The Bertz CT molecular complexity index is 689. The van der Waals surface area contributed by atoms with Crippen LogP contribution in [0.3, 0.4) is 0 Å². The highest BCUT2D eigenvalue weighted by Crippen LogP contribution is 2.37. The second-order valence-electron chi connectivity index (χ2n) is 5.26. The van der Waals surface area contributed by atoms with E-state index in [9.17, 15) is 17.6 Å². The molecule has 1 aromatic carbocycles. The SMILES string of the molecule is CCC(C)Oc1ncc(C(F)(F)F)c(N(C)c2ccc(F)cc2)n1. The molecule has 0 radical (unpaired) electrons. The minimum atomic E-state index is -4.63. The van der Waals surface area contributed by atoms with Gasteiger partial charge in [0.15, 0.2) is 5.82 Å². The van der Waals surface area contributed by atoms with Gasteiger partial charge in [-0.05, 0) is 37.6 Å². The molecule has 1 aromatic heterocycles. The van der Waals surface area contributed by atoms with E-state index in [1.807, 2.05) is 6.92 Å². The number of ether oxygens (including phenoxy) is 1. The molecule has 0 aliphatic heterocycles. The van der Waals surface area contributed by atoms with Crippen molar-refractivity contribution in [2.45, 2.75) is 32.5 Å². The molecule has 2 aromatic rings. The van der Waals surface area contributed by atoms with Gasteiger partial charge in [0.1, 0.15) is 11.4 Å². The van der Waals surface area contributed by atoms with Gasteiger partial charge in [-0.3, -0.25) is 0 Å². The molecular weight excluding hydrogens is 326 g/mol. The molecule has 1 atom stereocenters. The normalized spacial score (nSPS) is 12.8. The minimum absolute atomic E-state index is 0.138. The first-order valence-corrected chi connectivity index (χ1v) is 7.32. The maximum atomic E-state index is 13.2. The van der Waals surface area contributed by atoms with E-state index >= 15 is 0 Å². The van der Waals surface area contributed by atoms with Gasteiger partial charge in [0.05, 0.1) is 6.10 Å². The van der Waals surface area contributed by atoms with Crippen LogP contribution in [0.25, 0.3) is 0 Å². The summed E-state index contributed by atoms with van der Waals surface area (Å²) >= 11 is 0. The maximum Gasteiger partial charge on any atom is 0.421 e. The van der Waals surface area contributed by atoms with Gasteiger partial charge < -0.3 is 9.64 Å². The summed E-state index contributed by atoms with van der Waals surface area (Å²) < 4.78 is 58.1. The molecule has 1 unspecified atom stereocenters. The molecule has 1 heterocycles. The van der Waals surface area contributed by atoms with Gasteiger partial charge in [-0.15, -0.1) is 0 Å². The Morgan fingerprint density at radius 3 is 2.38 bits per heavy atom. The Balaban J connectivity index is 2.46. The maximum absolute atomic E-state index is 13.2. The summed E-state index contributed by atoms with van der Waals surface area (Å²) in [5, 5.41) is 0. The fourth-order valence-electron chi connectivity index (χ4n) is 1.92. The van der Waals surface area contributed by atoms with E-state index in [0.29, 0.717) is 18.3 Å². The van der Waals surface area contributed by atoms with E-state index < -0.39 is 17.6 Å². The zero-order chi connectivity index (χ0) is 17.9. The van der Waals surface area contributed by atoms with Gasteiger partial charge in [-0.1, -0.05) is 6.92 Å². The Hall–Kier alpha value is -2.38. The molecule has 0 N–H and O–H groups in total. The molecule has 0 aliphatic rings. The third-order valence-electron chi connectivity index (χ3n) is 3.47. The van der Waals surface area contributed by atoms with Crippen LogP contribution >= 0.6 is 0 Å². The predicted molar refractivity (Wildman–Crippen MR) is 81.9 cm³/mol. The van der Waals surface area contributed by atoms with Gasteiger partial charge in [0.25, 0.3) is 0 Å². The third kappa shape index (κ3) is 4.12. The Morgan fingerprint density at radius 1 is 1.21 bits per heavy atom. The number of rotatable bonds is 5. The molecule has 0 fully saturated rings. The summed E-state index contributed by atoms with van der Waals surface area (Å²) in [5.74, 6) is -0.839. The van der Waals surface area contributed by atoms with Crippen molar-refractivity contribution in [3.63, 3.8) is 0 Å². The van der Waals surface area contributed by atoms with Crippen molar-refractivity contribution in [2.24, 2.45) is 0 Å². The fourth-order valence-corrected chi connectivity index (χ4v) is 1.92. The quantitative estimate of drug-likeness (QED) is 0.745. The first-order chi connectivity index (χ1) is 11.2. The third-order valence-corrected chi connectivity index (χ3v) is 3.47. The molecule has 8 heteroatoms. The van der Waals surface area contributed by atoms with Crippen molar-refractivity contribution >= 4 is 11.5 Å². The Morgan fingerprint density at radius 2 is 1.83 bits per heavy atom. The lowest BCUT2D eigenvalue weighted by atomic mass is 10.2. The highest BCUT2D eigenvalue weighted by atomic mass is 19.4. The number of anilines is 2. The van der Waals surface area contributed by atoms with Crippen LogP contribution in [-0.4, -0.2) is 23.1 Å². The zero-order valence-corrected chi connectivity index (χ0v) is 13.4. The predicted octanol–water partition coefficient (Wildman–Crippen LogP) is 4.58. The number of hydrogen-bond donors (Lipinski definition) is 0. The van der Waals surface area contributed by atoms with Crippen LogP contribution in [-0.2, 0) is 6.18 Å². The fraction of sp³-hybridized carbons (Fsp3) is 0.375. The van der Waals surface area contributed by atoms with Crippen LogP contribution in [0.5, 0.6) is 6.01 Å². The molecule has 0 spiro atoms. The lowest BCUT2D eigenvalue weighted by molar-refractivity contribution is -0.137. The number of alkyl halides is 3. The summed E-state index contributed by atoms with van der Waals surface area (Å²) in [6.07, 6.45) is -3.50. The molecule has 0 saturated heterocycles. The lowest BCUT2D eigenvalue weighted by Crippen LogP contribution is -2.20. The van der Waals surface area contributed by atoms with Gasteiger partial charge in [0.2, 0.25) is 0 Å². The smallest absolute Gasteiger partial charge is 0.421 e. The lowest BCUT2D eigenvalue weighted by Gasteiger charge is -2.23. The van der Waals surface area contributed by atoms with Crippen LogP contribution < -0.4 is 9.64 Å². The summed E-state index contributed by atoms with van der Waals surface area (Å²) in [6, 6.07) is 4.93. The number of hydrogen-bond acceptors (Lipinski definition) is 4. The molecule has 0 saturated carbocycles. The molecule has 130 valence electrons. The molecule has 2 rings (SSSR count). The van der Waals surface area contributed by atoms with Gasteiger partial charge in [0, 0.05) is 18.9 Å². The topological polar surface area (TPSA) is 38.2 Å². The van der Waals surface area contributed by atoms with Crippen LogP contribution in [0.4, 0.5) is 29.1 Å². The first kappa shape index (κ1) is 18.0. The van der Waals surface area contributed by atoms with E-state index in [-0.39, 0.29) is 17.9 Å². The monoisotopic (exact) mass is 343 g/mol. The number of benzene rings is 1. The van der Waals surface area contributed by atoms with Crippen molar-refractivity contribution in [1.29, 1.82) is 0 Å². The molecule has 0 aliphatic carbocycles. The summed E-state index contributed by atoms with van der Waals surface area (Å²) in [4.78, 5) is 8.76. The number of nitrogens with zero attached hydrogens (tertiary/aromatic N) is 3. The van der Waals surface area contributed by atoms with Crippen molar-refractivity contribution < 1.29 is 22.3 Å². The zero-order valence-electron chi connectivity index (χ0n) is 13.4.